The number of aryl methyl sites for hydroxylation is 1. The number of fused-ring (bicyclic) bond motifs is 1. The van der Waals surface area contributed by atoms with Gasteiger partial charge in [0, 0.05) is 24.2 Å². The number of nitrogen functional groups attached to an aromatic ring is 1. The molecule has 108 valence electrons. The fourth-order valence-corrected chi connectivity index (χ4v) is 2.98. The standard InChI is InChI=1S/C14H14N4O2S/c1-2-8-5-17-11(20-8)7-18-14(19)13-12(15)9-3-4-16-6-10(9)21-13/h3-6H,2,7,15H2,1H3,(H,18,19). The van der Waals surface area contributed by atoms with Crippen molar-refractivity contribution < 1.29 is 9.21 Å². The van der Waals surface area contributed by atoms with E-state index in [1.165, 1.54) is 11.3 Å². The maximum atomic E-state index is 12.2. The summed E-state index contributed by atoms with van der Waals surface area (Å²) in [6.45, 7) is 2.22. The molecule has 0 radical (unpaired) electrons. The van der Waals surface area contributed by atoms with Gasteiger partial charge in [-0.05, 0) is 6.07 Å². The van der Waals surface area contributed by atoms with Crippen LogP contribution in [0.5, 0.6) is 0 Å². The third kappa shape index (κ3) is 2.59. The fraction of sp³-hybridized carbons (Fsp3) is 0.214. The highest BCUT2D eigenvalue weighted by atomic mass is 32.1. The topological polar surface area (TPSA) is 94.0 Å². The van der Waals surface area contributed by atoms with Gasteiger partial charge in [0.2, 0.25) is 5.89 Å². The lowest BCUT2D eigenvalue weighted by molar-refractivity contribution is 0.0952. The van der Waals surface area contributed by atoms with E-state index in [2.05, 4.69) is 15.3 Å². The Morgan fingerprint density at radius 1 is 1.48 bits per heavy atom. The minimum Gasteiger partial charge on any atom is -0.444 e. The second-order valence-electron chi connectivity index (χ2n) is 4.47. The summed E-state index contributed by atoms with van der Waals surface area (Å²) in [6, 6.07) is 1.81. The number of hydrogen-bond donors (Lipinski definition) is 2. The molecule has 0 aliphatic carbocycles. The van der Waals surface area contributed by atoms with Gasteiger partial charge < -0.3 is 15.5 Å². The van der Waals surface area contributed by atoms with Gasteiger partial charge >= 0.3 is 0 Å². The molecular formula is C14H14N4O2S. The van der Waals surface area contributed by atoms with Crippen molar-refractivity contribution in [3.05, 3.63) is 41.2 Å². The van der Waals surface area contributed by atoms with Crippen molar-refractivity contribution in [3.63, 3.8) is 0 Å². The Kier molecular flexibility index (Phi) is 3.57. The van der Waals surface area contributed by atoms with Gasteiger partial charge in [-0.2, -0.15) is 0 Å². The number of nitrogens with two attached hydrogens (primary N) is 1. The first-order chi connectivity index (χ1) is 10.2. The summed E-state index contributed by atoms with van der Waals surface area (Å²) in [5.41, 5.74) is 6.50. The summed E-state index contributed by atoms with van der Waals surface area (Å²) in [6.07, 6.45) is 5.80. The molecule has 21 heavy (non-hydrogen) atoms. The van der Waals surface area contributed by atoms with Crippen LogP contribution in [0.15, 0.2) is 29.1 Å². The van der Waals surface area contributed by atoms with Crippen molar-refractivity contribution in [2.75, 3.05) is 5.73 Å². The van der Waals surface area contributed by atoms with Gasteiger partial charge in [0.05, 0.1) is 23.1 Å². The number of rotatable bonds is 4. The molecule has 6 nitrogen and oxygen atoms in total. The molecule has 0 spiro atoms. The van der Waals surface area contributed by atoms with Gasteiger partial charge in [0.15, 0.2) is 0 Å². The van der Waals surface area contributed by atoms with Crippen molar-refractivity contribution >= 4 is 33.0 Å². The Morgan fingerprint density at radius 3 is 3.05 bits per heavy atom. The van der Waals surface area contributed by atoms with E-state index in [9.17, 15) is 4.79 Å². The number of amides is 1. The molecule has 3 rings (SSSR count). The lowest BCUT2D eigenvalue weighted by Gasteiger charge is -2.01. The minimum atomic E-state index is -0.232. The Balaban J connectivity index is 1.76. The molecule has 1 amide bonds. The number of thiophene rings is 1. The first-order valence-electron chi connectivity index (χ1n) is 6.52. The van der Waals surface area contributed by atoms with E-state index < -0.39 is 0 Å². The van der Waals surface area contributed by atoms with Gasteiger partial charge in [0.25, 0.3) is 5.91 Å². The Labute approximate surface area is 125 Å². The number of nitrogens with zero attached hydrogens (tertiary/aromatic N) is 2. The number of carbonyl (C=O) groups is 1. The van der Waals surface area contributed by atoms with Gasteiger partial charge in [-0.25, -0.2) is 4.98 Å². The van der Waals surface area contributed by atoms with Crippen LogP contribution in [0.25, 0.3) is 10.1 Å². The molecule has 0 aliphatic heterocycles. The zero-order valence-electron chi connectivity index (χ0n) is 11.4. The normalized spacial score (nSPS) is 10.9. The molecule has 3 N–H and O–H groups in total. The fourth-order valence-electron chi connectivity index (χ4n) is 1.97. The van der Waals surface area contributed by atoms with Gasteiger partial charge in [-0.15, -0.1) is 11.3 Å². The number of aromatic nitrogens is 2. The van der Waals surface area contributed by atoms with E-state index in [1.54, 1.807) is 24.7 Å². The summed E-state index contributed by atoms with van der Waals surface area (Å²) in [7, 11) is 0. The molecule has 7 heteroatoms. The average molecular weight is 302 g/mol. The van der Waals surface area contributed by atoms with Crippen LogP contribution in [0.1, 0.15) is 28.2 Å². The predicted octanol–water partition coefficient (Wildman–Crippen LogP) is 2.36. The third-order valence-electron chi connectivity index (χ3n) is 3.09. The van der Waals surface area contributed by atoms with E-state index >= 15 is 0 Å². The highest BCUT2D eigenvalue weighted by Crippen LogP contribution is 2.32. The monoisotopic (exact) mass is 302 g/mol. The number of carbonyl (C=O) groups excluding carboxylic acids is 1. The lowest BCUT2D eigenvalue weighted by Crippen LogP contribution is -2.22. The maximum Gasteiger partial charge on any atom is 0.263 e. The molecule has 0 aromatic carbocycles. The zero-order valence-corrected chi connectivity index (χ0v) is 12.2. The summed E-state index contributed by atoms with van der Waals surface area (Å²) in [5.74, 6) is 1.05. The van der Waals surface area contributed by atoms with Gasteiger partial charge in [-0.3, -0.25) is 9.78 Å². The number of oxazole rings is 1. The predicted molar refractivity (Wildman–Crippen MR) is 81.1 cm³/mol. The number of nitrogens with one attached hydrogen (secondary N) is 1. The highest BCUT2D eigenvalue weighted by Gasteiger charge is 2.16. The van der Waals surface area contributed by atoms with Crippen LogP contribution in [-0.4, -0.2) is 15.9 Å². The third-order valence-corrected chi connectivity index (χ3v) is 4.24. The largest absolute Gasteiger partial charge is 0.444 e. The van der Waals surface area contributed by atoms with Crippen LogP contribution in [0.2, 0.25) is 0 Å². The van der Waals surface area contributed by atoms with Gasteiger partial charge in [-0.1, -0.05) is 6.92 Å². The molecule has 0 aliphatic rings. The van der Waals surface area contributed by atoms with E-state index in [-0.39, 0.29) is 12.5 Å². The first kappa shape index (κ1) is 13.6. The molecule has 3 aromatic rings. The van der Waals surface area contributed by atoms with Crippen molar-refractivity contribution in [2.24, 2.45) is 0 Å². The van der Waals surface area contributed by atoms with Crippen molar-refractivity contribution in [3.8, 4) is 0 Å². The van der Waals surface area contributed by atoms with Crippen LogP contribution in [-0.2, 0) is 13.0 Å². The van der Waals surface area contributed by atoms with Gasteiger partial charge in [0.1, 0.15) is 10.6 Å². The smallest absolute Gasteiger partial charge is 0.263 e. The molecule has 3 aromatic heterocycles. The number of pyridine rings is 1. The summed E-state index contributed by atoms with van der Waals surface area (Å²) in [4.78, 5) is 20.8. The SMILES string of the molecule is CCc1cnc(CNC(=O)c2sc3cnccc3c2N)o1. The van der Waals surface area contributed by atoms with Crippen molar-refractivity contribution in [2.45, 2.75) is 19.9 Å². The second-order valence-corrected chi connectivity index (χ2v) is 5.53. The second kappa shape index (κ2) is 5.53. The molecule has 0 atom stereocenters. The molecule has 0 unspecified atom stereocenters. The average Bonchev–Trinajstić information content (AvgIpc) is 3.10. The van der Waals surface area contributed by atoms with Crippen molar-refractivity contribution in [1.82, 2.24) is 15.3 Å². The van der Waals surface area contributed by atoms with Crippen LogP contribution in [0, 0.1) is 0 Å². The zero-order chi connectivity index (χ0) is 14.8. The molecule has 3 heterocycles. The van der Waals surface area contributed by atoms with Crippen LogP contribution < -0.4 is 11.1 Å². The molecule has 0 fully saturated rings. The summed E-state index contributed by atoms with van der Waals surface area (Å²) in [5, 5.41) is 3.62. The van der Waals surface area contributed by atoms with Crippen LogP contribution >= 0.6 is 11.3 Å². The van der Waals surface area contributed by atoms with Crippen LogP contribution in [0.3, 0.4) is 0 Å². The Morgan fingerprint density at radius 2 is 2.33 bits per heavy atom. The minimum absolute atomic E-state index is 0.232. The molecule has 0 saturated carbocycles. The molecule has 0 bridgehead atoms. The highest BCUT2D eigenvalue weighted by molar-refractivity contribution is 7.21. The lowest BCUT2D eigenvalue weighted by atomic mass is 10.2. The van der Waals surface area contributed by atoms with Crippen LogP contribution in [0.4, 0.5) is 5.69 Å². The quantitative estimate of drug-likeness (QED) is 0.771. The first-order valence-corrected chi connectivity index (χ1v) is 7.34. The number of hydrogen-bond acceptors (Lipinski definition) is 6. The van der Waals surface area contributed by atoms with E-state index in [1.807, 2.05) is 6.92 Å². The van der Waals surface area contributed by atoms with E-state index in [0.717, 1.165) is 22.3 Å². The summed E-state index contributed by atoms with van der Waals surface area (Å²) >= 11 is 1.33. The molecular weight excluding hydrogens is 288 g/mol. The number of anilines is 1. The maximum absolute atomic E-state index is 12.2. The summed E-state index contributed by atoms with van der Waals surface area (Å²) < 4.78 is 6.34. The van der Waals surface area contributed by atoms with E-state index in [0.29, 0.717) is 16.5 Å². The molecule has 0 saturated heterocycles. The van der Waals surface area contributed by atoms with Crippen molar-refractivity contribution in [1.29, 1.82) is 0 Å². The van der Waals surface area contributed by atoms with E-state index in [4.69, 9.17) is 10.2 Å². The Hall–Kier alpha value is -2.41. The Bertz CT molecular complexity index is 793.